The average molecular weight is 325 g/mol. The molecular weight excluding hydrogens is 298 g/mol. The largest absolute Gasteiger partial charge is 0.389 e. The highest BCUT2D eigenvalue weighted by atomic mass is 16.3. The van der Waals surface area contributed by atoms with Crippen molar-refractivity contribution in [3.63, 3.8) is 0 Å². The minimum Gasteiger partial charge on any atom is -0.389 e. The molecule has 2 aliphatic rings. The second kappa shape index (κ2) is 7.29. The van der Waals surface area contributed by atoms with Gasteiger partial charge in [-0.3, -0.25) is 14.4 Å². The summed E-state index contributed by atoms with van der Waals surface area (Å²) < 4.78 is 0. The van der Waals surface area contributed by atoms with E-state index >= 15 is 0 Å². The third kappa shape index (κ3) is 4.67. The zero-order chi connectivity index (χ0) is 17.0. The van der Waals surface area contributed by atoms with Gasteiger partial charge in [0.25, 0.3) is 0 Å². The molecule has 1 aliphatic carbocycles. The van der Waals surface area contributed by atoms with Gasteiger partial charge in [0, 0.05) is 33.1 Å². The van der Waals surface area contributed by atoms with Crippen LogP contribution in [-0.4, -0.2) is 64.4 Å². The van der Waals surface area contributed by atoms with Crippen LogP contribution < -0.4 is 5.73 Å². The number of carbonyl (C=O) groups excluding carboxylic acids is 3. The summed E-state index contributed by atoms with van der Waals surface area (Å²) in [7, 11) is 0. The molecule has 0 aromatic carbocycles. The number of amides is 3. The van der Waals surface area contributed by atoms with Crippen molar-refractivity contribution in [2.24, 2.45) is 11.7 Å². The molecule has 2 fully saturated rings. The first-order valence-corrected chi connectivity index (χ1v) is 8.36. The first-order chi connectivity index (χ1) is 10.8. The van der Waals surface area contributed by atoms with Crippen LogP contribution in [0.5, 0.6) is 0 Å². The molecule has 0 unspecified atom stereocenters. The van der Waals surface area contributed by atoms with E-state index in [0.717, 1.165) is 19.3 Å². The molecule has 0 aromatic heterocycles. The van der Waals surface area contributed by atoms with Crippen LogP contribution in [0.25, 0.3) is 0 Å². The number of aliphatic hydroxyl groups is 1. The summed E-state index contributed by atoms with van der Waals surface area (Å²) in [5, 5.41) is 10.6. The van der Waals surface area contributed by atoms with E-state index in [0.29, 0.717) is 25.9 Å². The molecule has 3 N–H and O–H groups in total. The van der Waals surface area contributed by atoms with Gasteiger partial charge in [0.1, 0.15) is 0 Å². The second-order valence-corrected chi connectivity index (χ2v) is 6.87. The molecule has 7 nitrogen and oxygen atoms in total. The number of hydrogen-bond donors (Lipinski definition) is 2. The quantitative estimate of drug-likeness (QED) is 0.754. The predicted molar refractivity (Wildman–Crippen MR) is 84.2 cm³/mol. The van der Waals surface area contributed by atoms with Crippen LogP contribution in [-0.2, 0) is 14.4 Å². The van der Waals surface area contributed by atoms with E-state index in [1.165, 1.54) is 6.92 Å². The minimum atomic E-state index is -0.926. The Morgan fingerprint density at radius 2 is 1.65 bits per heavy atom. The SMILES string of the molecule is CC(=O)N1CCN(C(=O)CC2(O)CCCCC2)C[C@H](C(N)=O)C1. The Bertz CT molecular complexity index is 474. The molecule has 23 heavy (non-hydrogen) atoms. The van der Waals surface area contributed by atoms with E-state index in [1.807, 2.05) is 0 Å². The van der Waals surface area contributed by atoms with Crippen molar-refractivity contribution in [2.45, 2.75) is 51.0 Å². The molecule has 1 aliphatic heterocycles. The molecule has 0 bridgehead atoms. The van der Waals surface area contributed by atoms with E-state index in [1.54, 1.807) is 9.80 Å². The zero-order valence-electron chi connectivity index (χ0n) is 13.8. The van der Waals surface area contributed by atoms with Gasteiger partial charge in [-0.25, -0.2) is 0 Å². The van der Waals surface area contributed by atoms with Crippen LogP contribution >= 0.6 is 0 Å². The fraction of sp³-hybridized carbons (Fsp3) is 0.812. The van der Waals surface area contributed by atoms with Crippen LogP contribution in [0.4, 0.5) is 0 Å². The summed E-state index contributed by atoms with van der Waals surface area (Å²) in [4.78, 5) is 38.9. The maximum absolute atomic E-state index is 12.6. The normalized spacial score (nSPS) is 24.9. The molecule has 3 amide bonds. The number of rotatable bonds is 3. The molecule has 7 heteroatoms. The summed E-state index contributed by atoms with van der Waals surface area (Å²) in [5.74, 6) is -1.36. The predicted octanol–water partition coefficient (Wildman–Crippen LogP) is -0.136. The molecule has 0 radical (unpaired) electrons. The Morgan fingerprint density at radius 1 is 1.09 bits per heavy atom. The van der Waals surface area contributed by atoms with Crippen LogP contribution in [0.2, 0.25) is 0 Å². The van der Waals surface area contributed by atoms with E-state index in [2.05, 4.69) is 0 Å². The number of primary amides is 1. The number of nitrogens with zero attached hydrogens (tertiary/aromatic N) is 2. The van der Waals surface area contributed by atoms with E-state index < -0.39 is 17.4 Å². The third-order valence-electron chi connectivity index (χ3n) is 4.99. The fourth-order valence-corrected chi connectivity index (χ4v) is 3.49. The molecule has 1 saturated heterocycles. The average Bonchev–Trinajstić information content (AvgIpc) is 2.70. The Labute approximate surface area is 136 Å². The summed E-state index contributed by atoms with van der Waals surface area (Å²) in [6.45, 7) is 2.68. The second-order valence-electron chi connectivity index (χ2n) is 6.87. The Hall–Kier alpha value is -1.63. The van der Waals surface area contributed by atoms with Gasteiger partial charge in [0.15, 0.2) is 0 Å². The Balaban J connectivity index is 2.03. The number of carbonyl (C=O) groups is 3. The molecule has 1 saturated carbocycles. The lowest BCUT2D eigenvalue weighted by molar-refractivity contribution is -0.138. The first kappa shape index (κ1) is 17.7. The third-order valence-corrected chi connectivity index (χ3v) is 4.99. The van der Waals surface area contributed by atoms with E-state index in [-0.39, 0.29) is 31.3 Å². The van der Waals surface area contributed by atoms with Gasteiger partial charge >= 0.3 is 0 Å². The Morgan fingerprint density at radius 3 is 2.22 bits per heavy atom. The van der Waals surface area contributed by atoms with E-state index in [4.69, 9.17) is 5.73 Å². The highest BCUT2D eigenvalue weighted by Gasteiger charge is 2.36. The van der Waals surface area contributed by atoms with Gasteiger partial charge in [-0.2, -0.15) is 0 Å². The van der Waals surface area contributed by atoms with Gasteiger partial charge in [-0.15, -0.1) is 0 Å². The lowest BCUT2D eigenvalue weighted by Gasteiger charge is -2.33. The van der Waals surface area contributed by atoms with Crippen molar-refractivity contribution >= 4 is 17.7 Å². The monoisotopic (exact) mass is 325 g/mol. The summed E-state index contributed by atoms with van der Waals surface area (Å²) >= 11 is 0. The van der Waals surface area contributed by atoms with E-state index in [9.17, 15) is 19.5 Å². The highest BCUT2D eigenvalue weighted by molar-refractivity contribution is 5.82. The molecule has 0 spiro atoms. The minimum absolute atomic E-state index is 0.0819. The summed E-state index contributed by atoms with van der Waals surface area (Å²) in [5.41, 5.74) is 4.48. The van der Waals surface area contributed by atoms with Crippen LogP contribution in [0, 0.1) is 5.92 Å². The smallest absolute Gasteiger partial charge is 0.225 e. The number of hydrogen-bond acceptors (Lipinski definition) is 4. The molecule has 1 atom stereocenters. The van der Waals surface area contributed by atoms with Gasteiger partial charge in [-0.05, 0) is 12.8 Å². The maximum atomic E-state index is 12.6. The fourth-order valence-electron chi connectivity index (χ4n) is 3.49. The molecule has 2 rings (SSSR count). The van der Waals surface area contributed by atoms with Crippen LogP contribution in [0.15, 0.2) is 0 Å². The van der Waals surface area contributed by atoms with Gasteiger partial charge < -0.3 is 20.6 Å². The van der Waals surface area contributed by atoms with Gasteiger partial charge in [0.2, 0.25) is 17.7 Å². The van der Waals surface area contributed by atoms with Crippen molar-refractivity contribution in [1.29, 1.82) is 0 Å². The first-order valence-electron chi connectivity index (χ1n) is 8.36. The lowest BCUT2D eigenvalue weighted by Crippen LogP contribution is -2.44. The van der Waals surface area contributed by atoms with Gasteiger partial charge in [0.05, 0.1) is 17.9 Å². The standard InChI is InChI=1S/C16H27N3O4/c1-12(20)18-7-8-19(11-13(10-18)15(17)22)14(21)9-16(23)5-3-2-4-6-16/h13,23H,2-11H2,1H3,(H2,17,22)/t13-/m1/s1. The van der Waals surface area contributed by atoms with Crippen molar-refractivity contribution in [3.05, 3.63) is 0 Å². The van der Waals surface area contributed by atoms with Crippen LogP contribution in [0.3, 0.4) is 0 Å². The zero-order valence-corrected chi connectivity index (χ0v) is 13.8. The molecule has 0 aromatic rings. The molecular formula is C16H27N3O4. The Kier molecular flexibility index (Phi) is 5.62. The van der Waals surface area contributed by atoms with Crippen molar-refractivity contribution in [1.82, 2.24) is 9.80 Å². The summed E-state index contributed by atoms with van der Waals surface area (Å²) in [6, 6.07) is 0. The highest BCUT2D eigenvalue weighted by Crippen LogP contribution is 2.31. The van der Waals surface area contributed by atoms with Crippen molar-refractivity contribution in [2.75, 3.05) is 26.2 Å². The van der Waals surface area contributed by atoms with Gasteiger partial charge in [-0.1, -0.05) is 19.3 Å². The molecule has 130 valence electrons. The number of nitrogens with two attached hydrogens (primary N) is 1. The molecule has 1 heterocycles. The summed E-state index contributed by atoms with van der Waals surface area (Å²) in [6.07, 6.45) is 4.34. The topological polar surface area (TPSA) is 104 Å². The van der Waals surface area contributed by atoms with Crippen LogP contribution in [0.1, 0.15) is 45.4 Å². The van der Waals surface area contributed by atoms with Crippen molar-refractivity contribution in [3.8, 4) is 0 Å². The van der Waals surface area contributed by atoms with Crippen molar-refractivity contribution < 1.29 is 19.5 Å². The lowest BCUT2D eigenvalue weighted by atomic mass is 9.82. The maximum Gasteiger partial charge on any atom is 0.225 e.